The highest BCUT2D eigenvalue weighted by atomic mass is 32.2. The Labute approximate surface area is 150 Å². The number of carbonyl (C=O) groups is 2. The third kappa shape index (κ3) is 5.16. The molecule has 2 fully saturated rings. The highest BCUT2D eigenvalue weighted by Crippen LogP contribution is 2.23. The Morgan fingerprint density at radius 3 is 2.36 bits per heavy atom. The molecule has 25 heavy (non-hydrogen) atoms. The maximum Gasteiger partial charge on any atom is 0.244 e. The van der Waals surface area contributed by atoms with Crippen molar-refractivity contribution in [2.75, 3.05) is 31.1 Å². The highest BCUT2D eigenvalue weighted by molar-refractivity contribution is 7.85. The van der Waals surface area contributed by atoms with Gasteiger partial charge in [0.25, 0.3) is 0 Å². The molecular weight excluding hydrogens is 344 g/mol. The van der Waals surface area contributed by atoms with E-state index in [1.54, 1.807) is 9.80 Å². The van der Waals surface area contributed by atoms with Gasteiger partial charge in [0.2, 0.25) is 11.8 Å². The van der Waals surface area contributed by atoms with Crippen molar-refractivity contribution in [3.8, 4) is 0 Å². The smallest absolute Gasteiger partial charge is 0.244 e. The van der Waals surface area contributed by atoms with Gasteiger partial charge in [-0.15, -0.1) is 0 Å². The second-order valence-corrected chi connectivity index (χ2v) is 9.29. The Bertz CT molecular complexity index is 565. The molecule has 0 aromatic heterocycles. The standard InChI is InChI=1S/C16H28N4O4S/c1-16(2,3)12(17)10-13(21)18-14(22)11-4-5-20(11)15(23)19-6-8-25(24)9-7-19/h11,15,17,23H,4-10H2,1-3H3,(H,18,21,22). The summed E-state index contributed by atoms with van der Waals surface area (Å²) < 4.78 is 11.4. The van der Waals surface area contributed by atoms with Crippen molar-refractivity contribution >= 4 is 28.3 Å². The Kier molecular flexibility index (Phi) is 6.47. The molecule has 142 valence electrons. The zero-order chi connectivity index (χ0) is 18.8. The average Bonchev–Trinajstić information content (AvgIpc) is 2.45. The predicted octanol–water partition coefficient (Wildman–Crippen LogP) is -0.500. The number of rotatable bonds is 5. The molecule has 2 atom stereocenters. The van der Waals surface area contributed by atoms with Gasteiger partial charge in [0.05, 0.1) is 12.5 Å². The number of aliphatic hydroxyl groups excluding tert-OH is 1. The van der Waals surface area contributed by atoms with Crippen LogP contribution in [0.3, 0.4) is 0 Å². The maximum absolute atomic E-state index is 12.3. The van der Waals surface area contributed by atoms with E-state index in [0.29, 0.717) is 37.6 Å². The minimum absolute atomic E-state index is 0.109. The number of likely N-dealkylation sites (tertiary alicyclic amines) is 1. The molecular formula is C16H28N4O4S. The van der Waals surface area contributed by atoms with Crippen molar-refractivity contribution in [3.05, 3.63) is 0 Å². The van der Waals surface area contributed by atoms with Crippen molar-refractivity contribution in [1.29, 1.82) is 5.41 Å². The number of hydrogen-bond acceptors (Lipinski definition) is 7. The Morgan fingerprint density at radius 1 is 1.28 bits per heavy atom. The third-order valence-corrected chi connectivity index (χ3v) is 5.98. The molecule has 2 unspecified atom stereocenters. The highest BCUT2D eigenvalue weighted by Gasteiger charge is 2.41. The van der Waals surface area contributed by atoms with Gasteiger partial charge in [-0.1, -0.05) is 20.8 Å². The number of nitrogens with one attached hydrogen (secondary N) is 2. The number of nitrogens with zero attached hydrogens (tertiary/aromatic N) is 2. The summed E-state index contributed by atoms with van der Waals surface area (Å²) in [6.45, 7) is 7.17. The lowest BCUT2D eigenvalue weighted by molar-refractivity contribution is -0.171. The molecule has 8 nitrogen and oxygen atoms in total. The van der Waals surface area contributed by atoms with Crippen LogP contribution in [0.5, 0.6) is 0 Å². The first kappa shape index (κ1) is 20.2. The van der Waals surface area contributed by atoms with E-state index in [2.05, 4.69) is 5.32 Å². The minimum Gasteiger partial charge on any atom is -0.365 e. The van der Waals surface area contributed by atoms with Crippen LogP contribution in [0.15, 0.2) is 0 Å². The number of aliphatic hydroxyl groups is 1. The fraction of sp³-hybridized carbons (Fsp3) is 0.812. The molecule has 9 heteroatoms. The zero-order valence-electron chi connectivity index (χ0n) is 15.1. The quantitative estimate of drug-likeness (QED) is 0.561. The lowest BCUT2D eigenvalue weighted by atomic mass is 9.88. The number of hydrogen-bond donors (Lipinski definition) is 3. The van der Waals surface area contributed by atoms with Crippen LogP contribution in [0.1, 0.15) is 33.6 Å². The molecule has 0 saturated carbocycles. The van der Waals surface area contributed by atoms with Crippen LogP contribution in [-0.4, -0.2) is 80.2 Å². The number of carbonyl (C=O) groups excluding carboxylic acids is 2. The number of imide groups is 1. The maximum atomic E-state index is 12.3. The van der Waals surface area contributed by atoms with Gasteiger partial charge in [-0.05, 0) is 6.42 Å². The predicted molar refractivity (Wildman–Crippen MR) is 95.5 cm³/mol. The summed E-state index contributed by atoms with van der Waals surface area (Å²) in [5.41, 5.74) is -0.141. The molecule has 2 saturated heterocycles. The second kappa shape index (κ2) is 8.03. The molecule has 2 amide bonds. The van der Waals surface area contributed by atoms with Gasteiger partial charge in [-0.25, -0.2) is 0 Å². The fourth-order valence-corrected chi connectivity index (χ4v) is 3.83. The van der Waals surface area contributed by atoms with E-state index in [1.165, 1.54) is 0 Å². The molecule has 0 bridgehead atoms. The summed E-state index contributed by atoms with van der Waals surface area (Å²) in [7, 11) is -0.829. The molecule has 2 aliphatic rings. The Hall–Kier alpha value is -1.16. The van der Waals surface area contributed by atoms with Crippen LogP contribution < -0.4 is 5.32 Å². The van der Waals surface area contributed by atoms with E-state index in [4.69, 9.17) is 5.41 Å². The average molecular weight is 372 g/mol. The Balaban J connectivity index is 1.84. The van der Waals surface area contributed by atoms with Gasteiger partial charge in [0.15, 0.2) is 6.35 Å². The largest absolute Gasteiger partial charge is 0.365 e. The molecule has 0 aromatic rings. The third-order valence-electron chi connectivity index (χ3n) is 4.70. The summed E-state index contributed by atoms with van der Waals surface area (Å²) in [5, 5.41) is 20.7. The van der Waals surface area contributed by atoms with Crippen LogP contribution in [-0.2, 0) is 20.4 Å². The summed E-state index contributed by atoms with van der Waals surface area (Å²) in [6.07, 6.45) is -0.431. The molecule has 0 aromatic carbocycles. The lowest BCUT2D eigenvalue weighted by Crippen LogP contribution is -2.65. The minimum atomic E-state index is -0.898. The van der Waals surface area contributed by atoms with Crippen LogP contribution in [0, 0.1) is 10.8 Å². The van der Waals surface area contributed by atoms with Crippen LogP contribution in [0.4, 0.5) is 0 Å². The molecule has 0 radical (unpaired) electrons. The van der Waals surface area contributed by atoms with Gasteiger partial charge >= 0.3 is 0 Å². The van der Waals surface area contributed by atoms with Crippen molar-refractivity contribution in [1.82, 2.24) is 15.1 Å². The van der Waals surface area contributed by atoms with Crippen molar-refractivity contribution in [3.63, 3.8) is 0 Å². The first-order valence-corrected chi connectivity index (χ1v) is 10.0. The first-order valence-electron chi connectivity index (χ1n) is 8.54. The topological polar surface area (TPSA) is 114 Å². The normalized spacial score (nSPS) is 24.4. The van der Waals surface area contributed by atoms with E-state index in [-0.39, 0.29) is 12.1 Å². The zero-order valence-corrected chi connectivity index (χ0v) is 15.9. The van der Waals surface area contributed by atoms with Gasteiger partial charge < -0.3 is 10.5 Å². The summed E-state index contributed by atoms with van der Waals surface area (Å²) in [4.78, 5) is 27.7. The Morgan fingerprint density at radius 2 is 1.88 bits per heavy atom. The summed E-state index contributed by atoms with van der Waals surface area (Å²) in [5.74, 6) is 0.127. The van der Waals surface area contributed by atoms with Gasteiger partial charge in [0, 0.05) is 53.1 Å². The number of amides is 2. The first-order chi connectivity index (χ1) is 11.6. The van der Waals surface area contributed by atoms with E-state index < -0.39 is 40.4 Å². The monoisotopic (exact) mass is 372 g/mol. The van der Waals surface area contributed by atoms with Gasteiger partial charge in [-0.3, -0.25) is 28.9 Å². The van der Waals surface area contributed by atoms with E-state index in [1.807, 2.05) is 20.8 Å². The van der Waals surface area contributed by atoms with E-state index >= 15 is 0 Å². The molecule has 0 spiro atoms. The summed E-state index contributed by atoms with van der Waals surface area (Å²) >= 11 is 0. The second-order valence-electron chi connectivity index (χ2n) is 7.59. The van der Waals surface area contributed by atoms with Crippen molar-refractivity contribution in [2.45, 2.75) is 46.0 Å². The fourth-order valence-electron chi connectivity index (χ4n) is 2.75. The van der Waals surface area contributed by atoms with Crippen LogP contribution >= 0.6 is 0 Å². The lowest BCUT2D eigenvalue weighted by Gasteiger charge is -2.46. The van der Waals surface area contributed by atoms with Gasteiger partial charge in [0.1, 0.15) is 0 Å². The van der Waals surface area contributed by atoms with E-state index in [9.17, 15) is 18.9 Å². The molecule has 2 aliphatic heterocycles. The summed E-state index contributed by atoms with van der Waals surface area (Å²) in [6, 6.07) is -0.546. The molecule has 0 aliphatic carbocycles. The molecule has 2 rings (SSSR count). The van der Waals surface area contributed by atoms with Crippen LogP contribution in [0.2, 0.25) is 0 Å². The SMILES string of the molecule is CC(C)(C)C(=N)CC(=O)NC(=O)C1CCN1C(O)N1CCS(=O)CC1. The van der Waals surface area contributed by atoms with Crippen molar-refractivity contribution in [2.24, 2.45) is 5.41 Å². The molecule has 3 N–H and O–H groups in total. The van der Waals surface area contributed by atoms with Crippen LogP contribution in [0.25, 0.3) is 0 Å². The van der Waals surface area contributed by atoms with Crippen molar-refractivity contribution < 1.29 is 18.9 Å². The van der Waals surface area contributed by atoms with E-state index in [0.717, 1.165) is 0 Å². The molecule has 2 heterocycles. The van der Waals surface area contributed by atoms with Gasteiger partial charge in [-0.2, -0.15) is 0 Å².